The molecular formula is C26H26Cl2O12. The summed E-state index contributed by atoms with van der Waals surface area (Å²) in [5.74, 6) is -2.41. The Bertz CT molecular complexity index is 1160. The minimum atomic E-state index is -0.956. The fourth-order valence-electron chi connectivity index (χ4n) is 2.30. The molecule has 0 spiro atoms. The number of carboxylic acids is 1. The zero-order valence-electron chi connectivity index (χ0n) is 20.9. The Labute approximate surface area is 238 Å². The van der Waals surface area contributed by atoms with Gasteiger partial charge in [0.05, 0.1) is 30.9 Å². The Balaban J connectivity index is 0.000000187. The quantitative estimate of drug-likeness (QED) is 0.113. The topological polar surface area (TPSA) is 174 Å². The van der Waals surface area contributed by atoms with Crippen LogP contribution in [-0.2, 0) is 38.2 Å². The smallest absolute Gasteiger partial charge is 0.372 e. The van der Waals surface area contributed by atoms with E-state index in [0.29, 0.717) is 36.5 Å². The molecule has 14 heteroatoms. The van der Waals surface area contributed by atoms with Gasteiger partial charge in [-0.05, 0) is 36.4 Å². The first kappa shape index (κ1) is 32.7. The van der Waals surface area contributed by atoms with E-state index in [1.807, 2.05) is 0 Å². The number of carbonyl (C=O) groups is 4. The van der Waals surface area contributed by atoms with E-state index < -0.39 is 11.9 Å². The molecule has 0 radical (unpaired) electrons. The van der Waals surface area contributed by atoms with Gasteiger partial charge in [0.1, 0.15) is 25.4 Å². The van der Waals surface area contributed by atoms with E-state index in [9.17, 15) is 19.2 Å². The highest BCUT2D eigenvalue weighted by atomic mass is 35.5. The largest absolute Gasteiger partial charge is 0.478 e. The summed E-state index contributed by atoms with van der Waals surface area (Å²) in [5.41, 5.74) is 0.438. The van der Waals surface area contributed by atoms with Crippen molar-refractivity contribution in [3.63, 3.8) is 0 Å². The number of carbonyl (C=O) groups excluding carboxylic acids is 3. The van der Waals surface area contributed by atoms with Gasteiger partial charge in [-0.25, -0.2) is 19.2 Å². The summed E-state index contributed by atoms with van der Waals surface area (Å²) in [6.07, 6.45) is 1.16. The fourth-order valence-corrected chi connectivity index (χ4v) is 2.69. The molecular weight excluding hydrogens is 575 g/mol. The van der Waals surface area contributed by atoms with Crippen molar-refractivity contribution in [2.45, 2.75) is 18.3 Å². The molecule has 3 atom stereocenters. The Hall–Kier alpha value is -3.52. The molecule has 0 bridgehead atoms. The Morgan fingerprint density at radius 2 is 1.38 bits per heavy atom. The number of hydrogen-bond acceptors (Lipinski definition) is 11. The van der Waals surface area contributed by atoms with E-state index in [0.717, 1.165) is 12.7 Å². The van der Waals surface area contributed by atoms with Gasteiger partial charge >= 0.3 is 23.9 Å². The van der Waals surface area contributed by atoms with Crippen LogP contribution in [0.4, 0.5) is 0 Å². The number of rotatable bonds is 8. The molecule has 3 saturated heterocycles. The normalized spacial score (nSPS) is 18.8. The van der Waals surface area contributed by atoms with Gasteiger partial charge < -0.3 is 28.8 Å². The van der Waals surface area contributed by atoms with Gasteiger partial charge in [0, 0.05) is 16.1 Å². The Morgan fingerprint density at radius 3 is 1.77 bits per heavy atom. The van der Waals surface area contributed by atoms with Gasteiger partial charge in [-0.3, -0.25) is 4.89 Å². The molecule has 3 unspecified atom stereocenters. The molecule has 0 aliphatic carbocycles. The third-order valence-corrected chi connectivity index (χ3v) is 5.08. The van der Waals surface area contributed by atoms with Crippen LogP contribution in [0.5, 0.6) is 0 Å². The van der Waals surface area contributed by atoms with E-state index in [4.69, 9.17) is 52.5 Å². The molecule has 12 nitrogen and oxygen atoms in total. The van der Waals surface area contributed by atoms with Crippen LogP contribution in [0.2, 0.25) is 10.0 Å². The van der Waals surface area contributed by atoms with Crippen molar-refractivity contribution >= 4 is 47.1 Å². The predicted octanol–water partition coefficient (Wildman–Crippen LogP) is 3.45. The molecule has 2 aromatic rings. The summed E-state index contributed by atoms with van der Waals surface area (Å²) >= 11 is 11.1. The lowest BCUT2D eigenvalue weighted by Gasteiger charge is -1.97. The number of esters is 2. The molecule has 0 aromatic heterocycles. The third-order valence-electron chi connectivity index (χ3n) is 4.61. The number of aromatic carboxylic acids is 1. The molecule has 3 aliphatic heterocycles. The summed E-state index contributed by atoms with van der Waals surface area (Å²) < 4.78 is 23.8. The number of halogens is 2. The minimum Gasteiger partial charge on any atom is -0.478 e. The van der Waals surface area contributed by atoms with Crippen LogP contribution in [0.1, 0.15) is 20.7 Å². The van der Waals surface area contributed by atoms with Crippen LogP contribution in [0, 0.1) is 0 Å². The number of epoxide rings is 3. The van der Waals surface area contributed by atoms with Gasteiger partial charge in [-0.1, -0.05) is 41.9 Å². The van der Waals surface area contributed by atoms with E-state index in [-0.39, 0.29) is 41.4 Å². The SMILES string of the molecule is C=CC(=O)OCC1CO1.O=C(O)c1cccc(Cl)c1.O=C(OCC1CO1)C1CO1.O=C(OO)c1cccc(Cl)c1. The lowest BCUT2D eigenvalue weighted by molar-refractivity contribution is -0.182. The standard InChI is InChI=1S/C7H5ClO3.C7H5ClO2.C6H8O4.C6H8O3/c8-6-3-1-2-5(4-6)7(9)11-10;8-6-3-1-2-5(4-6)7(9)10;7-6(5-3-9-5)10-2-4-1-8-4;1-2-6(7)9-4-5-3-8-5/h1-4,10H;1-4H,(H,9,10);4-5H,1-3H2;2,5H,1,3-4H2. The summed E-state index contributed by atoms with van der Waals surface area (Å²) in [5, 5.41) is 17.3. The van der Waals surface area contributed by atoms with Crippen LogP contribution in [-0.4, -0.2) is 85.6 Å². The van der Waals surface area contributed by atoms with Crippen molar-refractivity contribution in [3.8, 4) is 0 Å². The monoisotopic (exact) mass is 600 g/mol. The highest BCUT2D eigenvalue weighted by molar-refractivity contribution is 6.31. The van der Waals surface area contributed by atoms with Crippen molar-refractivity contribution in [1.29, 1.82) is 0 Å². The van der Waals surface area contributed by atoms with Crippen molar-refractivity contribution in [3.05, 3.63) is 82.4 Å². The molecule has 2 aromatic carbocycles. The van der Waals surface area contributed by atoms with Crippen LogP contribution in [0.3, 0.4) is 0 Å². The average Bonchev–Trinajstić information content (AvgIpc) is 3.79. The van der Waals surface area contributed by atoms with Crippen molar-refractivity contribution < 1.29 is 58.1 Å². The van der Waals surface area contributed by atoms with E-state index in [1.165, 1.54) is 24.3 Å². The number of carboxylic acid groups (broad SMARTS) is 1. The molecule has 2 N–H and O–H groups in total. The average molecular weight is 601 g/mol. The molecule has 0 amide bonds. The number of benzene rings is 2. The van der Waals surface area contributed by atoms with E-state index in [2.05, 4.69) is 16.2 Å². The lowest BCUT2D eigenvalue weighted by atomic mass is 10.2. The van der Waals surface area contributed by atoms with Crippen LogP contribution in [0.15, 0.2) is 61.2 Å². The van der Waals surface area contributed by atoms with Gasteiger partial charge in [0.2, 0.25) is 0 Å². The number of ether oxygens (including phenoxy) is 5. The van der Waals surface area contributed by atoms with E-state index >= 15 is 0 Å². The lowest BCUT2D eigenvalue weighted by Crippen LogP contribution is -2.14. The first-order valence-corrected chi connectivity index (χ1v) is 12.3. The van der Waals surface area contributed by atoms with Crippen LogP contribution >= 0.6 is 23.2 Å². The molecule has 216 valence electrons. The summed E-state index contributed by atoms with van der Waals surface area (Å²) in [7, 11) is 0. The van der Waals surface area contributed by atoms with Gasteiger partial charge in [0.15, 0.2) is 6.10 Å². The molecule has 40 heavy (non-hydrogen) atoms. The summed E-state index contributed by atoms with van der Waals surface area (Å²) in [4.78, 5) is 45.5. The maximum atomic E-state index is 10.7. The second kappa shape index (κ2) is 17.2. The zero-order valence-corrected chi connectivity index (χ0v) is 22.4. The second-order valence-corrected chi connectivity index (χ2v) is 8.77. The third kappa shape index (κ3) is 14.6. The highest BCUT2D eigenvalue weighted by Crippen LogP contribution is 2.14. The first-order chi connectivity index (χ1) is 19.1. The van der Waals surface area contributed by atoms with Crippen LogP contribution < -0.4 is 0 Å². The van der Waals surface area contributed by atoms with Crippen molar-refractivity contribution in [2.24, 2.45) is 0 Å². The summed E-state index contributed by atoms with van der Waals surface area (Å²) in [6, 6.07) is 12.2. The Morgan fingerprint density at radius 1 is 0.875 bits per heavy atom. The highest BCUT2D eigenvalue weighted by Gasteiger charge is 2.34. The first-order valence-electron chi connectivity index (χ1n) is 11.5. The number of hydrogen-bond donors (Lipinski definition) is 2. The maximum Gasteiger partial charge on any atom is 0.372 e. The second-order valence-electron chi connectivity index (χ2n) is 7.90. The zero-order chi connectivity index (χ0) is 29.5. The van der Waals surface area contributed by atoms with Crippen molar-refractivity contribution in [2.75, 3.05) is 33.0 Å². The van der Waals surface area contributed by atoms with E-state index in [1.54, 1.807) is 24.3 Å². The van der Waals surface area contributed by atoms with Crippen molar-refractivity contribution in [1.82, 2.24) is 0 Å². The van der Waals surface area contributed by atoms with Gasteiger partial charge in [-0.15, -0.1) is 0 Å². The summed E-state index contributed by atoms with van der Waals surface area (Å²) in [6.45, 7) is 5.95. The maximum absolute atomic E-state index is 10.7. The molecule has 3 aliphatic rings. The molecule has 5 rings (SSSR count). The molecule has 3 heterocycles. The van der Waals surface area contributed by atoms with Crippen LogP contribution in [0.25, 0.3) is 0 Å². The Kier molecular flexibility index (Phi) is 14.1. The van der Waals surface area contributed by atoms with Gasteiger partial charge in [-0.2, -0.15) is 5.26 Å². The molecule has 3 fully saturated rings. The molecule has 0 saturated carbocycles. The minimum absolute atomic E-state index is 0.147. The van der Waals surface area contributed by atoms with Gasteiger partial charge in [0.25, 0.3) is 0 Å². The predicted molar refractivity (Wildman–Crippen MR) is 139 cm³/mol. The fraction of sp³-hybridized carbons (Fsp3) is 0.308.